The average molecular weight is 567 g/mol. The highest BCUT2D eigenvalue weighted by atomic mass is 19.4. The lowest BCUT2D eigenvalue weighted by molar-refractivity contribution is -0.137. The fourth-order valence-electron chi connectivity index (χ4n) is 5.86. The number of benzene rings is 2. The van der Waals surface area contributed by atoms with E-state index in [9.17, 15) is 18.0 Å². The van der Waals surface area contributed by atoms with Crippen LogP contribution >= 0.6 is 0 Å². The Bertz CT molecular complexity index is 1440. The largest absolute Gasteiger partial charge is 0.417 e. The number of nitrogens with two attached hydrogens (primary N) is 1. The Labute approximate surface area is 239 Å². The number of nitrogens with zero attached hydrogens (tertiary/aromatic N) is 5. The zero-order valence-corrected chi connectivity index (χ0v) is 24.0. The van der Waals surface area contributed by atoms with Crippen LogP contribution in [0.2, 0.25) is 0 Å². The molecule has 1 unspecified atom stereocenters. The van der Waals surface area contributed by atoms with E-state index >= 15 is 0 Å². The van der Waals surface area contributed by atoms with Crippen LogP contribution in [0.1, 0.15) is 54.6 Å². The SMILES string of the molecule is Cc1ccc(C(C)C)cc1N1CCc2nc(-c3ccccc3C(F)(F)F)nc(N3CCN(CC(N)=O)C(C)C3)c2C1. The van der Waals surface area contributed by atoms with Crippen LogP contribution in [0.4, 0.5) is 24.7 Å². The summed E-state index contributed by atoms with van der Waals surface area (Å²) in [5.74, 6) is 0.755. The predicted molar refractivity (Wildman–Crippen MR) is 155 cm³/mol. The summed E-state index contributed by atoms with van der Waals surface area (Å²) in [6, 6.07) is 12.1. The van der Waals surface area contributed by atoms with Crippen LogP contribution in [-0.4, -0.2) is 59.5 Å². The summed E-state index contributed by atoms with van der Waals surface area (Å²) in [4.78, 5) is 27.7. The van der Waals surface area contributed by atoms with E-state index in [0.29, 0.717) is 50.9 Å². The van der Waals surface area contributed by atoms with Gasteiger partial charge in [0, 0.05) is 62.0 Å². The molecular formula is C31H37F3N6O. The third-order valence-corrected chi connectivity index (χ3v) is 8.18. The van der Waals surface area contributed by atoms with E-state index in [1.54, 1.807) is 6.07 Å². The van der Waals surface area contributed by atoms with Crippen molar-refractivity contribution < 1.29 is 18.0 Å². The summed E-state index contributed by atoms with van der Waals surface area (Å²) in [5, 5.41) is 0. The fraction of sp³-hybridized carbons (Fsp3) is 0.452. The van der Waals surface area contributed by atoms with E-state index in [4.69, 9.17) is 15.7 Å². The zero-order chi connectivity index (χ0) is 29.5. The average Bonchev–Trinajstić information content (AvgIpc) is 2.92. The first kappa shape index (κ1) is 28.9. The smallest absolute Gasteiger partial charge is 0.369 e. The van der Waals surface area contributed by atoms with E-state index in [0.717, 1.165) is 23.0 Å². The third kappa shape index (κ3) is 6.02. The van der Waals surface area contributed by atoms with Crippen molar-refractivity contribution in [3.63, 3.8) is 0 Å². The molecule has 1 atom stereocenters. The van der Waals surface area contributed by atoms with Gasteiger partial charge < -0.3 is 15.5 Å². The molecule has 1 fully saturated rings. The van der Waals surface area contributed by atoms with Crippen molar-refractivity contribution in [1.29, 1.82) is 0 Å². The first-order valence-corrected chi connectivity index (χ1v) is 14.1. The van der Waals surface area contributed by atoms with E-state index in [1.165, 1.54) is 23.3 Å². The number of hydrogen-bond donors (Lipinski definition) is 1. The maximum atomic E-state index is 14.0. The van der Waals surface area contributed by atoms with Gasteiger partial charge in [-0.05, 0) is 43.0 Å². The number of hydrogen-bond acceptors (Lipinski definition) is 6. The van der Waals surface area contributed by atoms with Crippen LogP contribution in [0.3, 0.4) is 0 Å². The number of fused-ring (bicyclic) bond motifs is 1. The topological polar surface area (TPSA) is 78.6 Å². The summed E-state index contributed by atoms with van der Waals surface area (Å²) < 4.78 is 41.9. The first-order valence-electron chi connectivity index (χ1n) is 14.1. The van der Waals surface area contributed by atoms with Gasteiger partial charge in [-0.15, -0.1) is 0 Å². The van der Waals surface area contributed by atoms with Crippen LogP contribution in [0.5, 0.6) is 0 Å². The third-order valence-electron chi connectivity index (χ3n) is 8.18. The normalized spacial score (nSPS) is 18.1. The maximum Gasteiger partial charge on any atom is 0.417 e. The maximum absolute atomic E-state index is 14.0. The summed E-state index contributed by atoms with van der Waals surface area (Å²) in [7, 11) is 0. The Hall–Kier alpha value is -3.66. The molecule has 0 saturated carbocycles. The lowest BCUT2D eigenvalue weighted by Crippen LogP contribution is -2.54. The van der Waals surface area contributed by atoms with Crippen molar-refractivity contribution in [3.8, 4) is 11.4 Å². The first-order chi connectivity index (χ1) is 19.4. The van der Waals surface area contributed by atoms with Gasteiger partial charge in [0.05, 0.1) is 17.8 Å². The lowest BCUT2D eigenvalue weighted by atomic mass is 9.98. The van der Waals surface area contributed by atoms with Crippen molar-refractivity contribution in [1.82, 2.24) is 14.9 Å². The number of anilines is 2. The van der Waals surface area contributed by atoms with Crippen molar-refractivity contribution >= 4 is 17.4 Å². The molecule has 2 aromatic carbocycles. The number of amides is 1. The van der Waals surface area contributed by atoms with Gasteiger partial charge in [0.25, 0.3) is 0 Å². The van der Waals surface area contributed by atoms with Crippen LogP contribution in [0, 0.1) is 6.92 Å². The van der Waals surface area contributed by atoms with Gasteiger partial charge in [0.2, 0.25) is 5.91 Å². The van der Waals surface area contributed by atoms with Gasteiger partial charge in [-0.2, -0.15) is 13.2 Å². The van der Waals surface area contributed by atoms with Gasteiger partial charge in [-0.3, -0.25) is 9.69 Å². The number of rotatable bonds is 6. The molecule has 7 nitrogen and oxygen atoms in total. The molecular weight excluding hydrogens is 529 g/mol. The number of aromatic nitrogens is 2. The molecule has 0 radical (unpaired) electrons. The molecule has 1 amide bonds. The number of piperazine rings is 1. The van der Waals surface area contributed by atoms with E-state index < -0.39 is 11.7 Å². The number of carbonyl (C=O) groups excluding carboxylic acids is 1. The Kier molecular flexibility index (Phi) is 7.96. The second kappa shape index (κ2) is 11.3. The molecule has 5 rings (SSSR count). The van der Waals surface area contributed by atoms with Crippen molar-refractivity contribution in [2.24, 2.45) is 5.73 Å². The Morgan fingerprint density at radius 1 is 1.07 bits per heavy atom. The molecule has 218 valence electrons. The fourth-order valence-corrected chi connectivity index (χ4v) is 5.86. The van der Waals surface area contributed by atoms with Crippen molar-refractivity contribution in [2.45, 2.75) is 58.8 Å². The van der Waals surface area contributed by atoms with Crippen LogP contribution in [0.15, 0.2) is 42.5 Å². The Morgan fingerprint density at radius 3 is 2.51 bits per heavy atom. The monoisotopic (exact) mass is 566 g/mol. The van der Waals surface area contributed by atoms with E-state index in [-0.39, 0.29) is 29.9 Å². The minimum absolute atomic E-state index is 0.0115. The van der Waals surface area contributed by atoms with Gasteiger partial charge in [0.15, 0.2) is 5.82 Å². The van der Waals surface area contributed by atoms with Gasteiger partial charge in [-0.25, -0.2) is 9.97 Å². The van der Waals surface area contributed by atoms with E-state index in [1.807, 2.05) is 11.8 Å². The standard InChI is InChI=1S/C31H37F3N6O/c1-19(2)22-10-9-20(3)27(15-22)39-12-11-26-24(17-39)30(40-14-13-38(18-28(35)41)21(4)16-40)37-29(36-26)23-7-5-6-8-25(23)31(32,33)34/h5-10,15,19,21H,11-14,16-18H2,1-4H3,(H2,35,41). The molecule has 1 aromatic heterocycles. The number of alkyl halides is 3. The second-order valence-corrected chi connectivity index (χ2v) is 11.4. The quantitative estimate of drug-likeness (QED) is 0.445. The zero-order valence-electron chi connectivity index (χ0n) is 24.0. The summed E-state index contributed by atoms with van der Waals surface area (Å²) in [5.41, 5.74) is 9.99. The lowest BCUT2D eigenvalue weighted by Gasteiger charge is -2.41. The predicted octanol–water partition coefficient (Wildman–Crippen LogP) is 5.15. The minimum Gasteiger partial charge on any atom is -0.369 e. The second-order valence-electron chi connectivity index (χ2n) is 11.4. The van der Waals surface area contributed by atoms with Gasteiger partial charge >= 0.3 is 6.18 Å². The number of carbonyl (C=O) groups is 1. The molecule has 2 N–H and O–H groups in total. The van der Waals surface area contributed by atoms with Crippen LogP contribution in [-0.2, 0) is 23.9 Å². The number of halogens is 3. The van der Waals surface area contributed by atoms with Crippen LogP contribution < -0.4 is 15.5 Å². The molecule has 10 heteroatoms. The molecule has 3 aromatic rings. The Balaban J connectivity index is 1.58. The van der Waals surface area contributed by atoms with Gasteiger partial charge in [0.1, 0.15) is 5.82 Å². The van der Waals surface area contributed by atoms with Crippen LogP contribution in [0.25, 0.3) is 11.4 Å². The molecule has 2 aliphatic rings. The number of aryl methyl sites for hydroxylation is 1. The molecule has 0 aliphatic carbocycles. The Morgan fingerprint density at radius 2 is 1.83 bits per heavy atom. The number of primary amides is 1. The van der Waals surface area contributed by atoms with Gasteiger partial charge in [-0.1, -0.05) is 44.2 Å². The molecule has 2 aliphatic heterocycles. The molecule has 0 bridgehead atoms. The van der Waals surface area contributed by atoms with E-state index in [2.05, 4.69) is 48.8 Å². The molecule has 1 saturated heterocycles. The molecule has 3 heterocycles. The molecule has 0 spiro atoms. The highest BCUT2D eigenvalue weighted by Crippen LogP contribution is 2.39. The highest BCUT2D eigenvalue weighted by molar-refractivity contribution is 5.76. The highest BCUT2D eigenvalue weighted by Gasteiger charge is 2.36. The molecule has 41 heavy (non-hydrogen) atoms. The summed E-state index contributed by atoms with van der Waals surface area (Å²) in [6.45, 7) is 11.6. The van der Waals surface area contributed by atoms with Crippen molar-refractivity contribution in [3.05, 3.63) is 70.4 Å². The summed E-state index contributed by atoms with van der Waals surface area (Å²) >= 11 is 0. The van der Waals surface area contributed by atoms with Crippen molar-refractivity contribution in [2.75, 3.05) is 42.5 Å². The minimum atomic E-state index is -4.53. The summed E-state index contributed by atoms with van der Waals surface area (Å²) in [6.07, 6.45) is -3.94.